The Balaban J connectivity index is 0.996. The van der Waals surface area contributed by atoms with Crippen LogP contribution in [0.2, 0.25) is 0 Å². The topological polar surface area (TPSA) is 175 Å². The lowest BCUT2D eigenvalue weighted by Gasteiger charge is -2.30. The van der Waals surface area contributed by atoms with Gasteiger partial charge in [0, 0.05) is 26.7 Å². The zero-order chi connectivity index (χ0) is 37.2. The van der Waals surface area contributed by atoms with Crippen LogP contribution in [0.15, 0.2) is 65.9 Å². The summed E-state index contributed by atoms with van der Waals surface area (Å²) in [5.74, 6) is 2.16. The van der Waals surface area contributed by atoms with Gasteiger partial charge in [-0.05, 0) is 60.8 Å². The minimum atomic E-state index is -1.13. The normalized spacial score (nSPS) is 19.6. The molecule has 0 spiro atoms. The van der Waals surface area contributed by atoms with Crippen molar-refractivity contribution in [2.45, 2.75) is 70.6 Å². The molecule has 2 aromatic carbocycles. The molecule has 5 heterocycles. The SMILES string of the molecule is CC(C)[C@H](NC1=NCCN1)C(=O)N1CCC[C@H]1c1ncc(-c2ccc(-c3ccc(-c4cnc([C@@H]5CCCN5C(=O)[C@H](C)N(C)C(=O)O)[nH]4)cc3)cc2)[nH]1. The summed E-state index contributed by atoms with van der Waals surface area (Å²) in [7, 11) is 1.41. The molecule has 53 heavy (non-hydrogen) atoms. The number of hydrogen-bond donors (Lipinski definition) is 5. The predicted molar refractivity (Wildman–Crippen MR) is 202 cm³/mol. The highest BCUT2D eigenvalue weighted by molar-refractivity contribution is 5.90. The maximum atomic E-state index is 13.8. The van der Waals surface area contributed by atoms with Crippen molar-refractivity contribution in [1.82, 2.24) is 45.3 Å². The number of nitrogens with one attached hydrogen (secondary N) is 4. The van der Waals surface area contributed by atoms with Crippen molar-refractivity contribution in [1.29, 1.82) is 0 Å². The summed E-state index contributed by atoms with van der Waals surface area (Å²) in [6, 6.07) is 15.1. The largest absolute Gasteiger partial charge is 0.465 e. The predicted octanol–water partition coefficient (Wildman–Crippen LogP) is 5.03. The molecule has 14 nitrogen and oxygen atoms in total. The number of aromatic amines is 2. The quantitative estimate of drug-likeness (QED) is 0.152. The van der Waals surface area contributed by atoms with Gasteiger partial charge in [0.05, 0.1) is 42.4 Å². The van der Waals surface area contributed by atoms with Gasteiger partial charge in [-0.1, -0.05) is 62.4 Å². The Bertz CT molecular complexity index is 1970. The first-order chi connectivity index (χ1) is 25.6. The van der Waals surface area contributed by atoms with Crippen molar-refractivity contribution >= 4 is 23.9 Å². The van der Waals surface area contributed by atoms with E-state index in [1.165, 1.54) is 7.05 Å². The number of likely N-dealkylation sites (tertiary alicyclic amines) is 2. The maximum Gasteiger partial charge on any atom is 0.407 e. The highest BCUT2D eigenvalue weighted by atomic mass is 16.4. The van der Waals surface area contributed by atoms with Gasteiger partial charge in [0.2, 0.25) is 11.8 Å². The average molecular weight is 721 g/mol. The number of H-pyrrole nitrogens is 2. The van der Waals surface area contributed by atoms with Gasteiger partial charge in [-0.15, -0.1) is 0 Å². The molecule has 278 valence electrons. The molecule has 5 N–H and O–H groups in total. The van der Waals surface area contributed by atoms with Crippen LogP contribution in [0.1, 0.15) is 70.2 Å². The summed E-state index contributed by atoms with van der Waals surface area (Å²) < 4.78 is 0. The van der Waals surface area contributed by atoms with Crippen molar-refractivity contribution in [3.8, 4) is 33.6 Å². The van der Waals surface area contributed by atoms with E-state index >= 15 is 0 Å². The third-order valence-corrected chi connectivity index (χ3v) is 10.8. The number of carboxylic acid groups (broad SMARTS) is 1. The summed E-state index contributed by atoms with van der Waals surface area (Å²) in [5.41, 5.74) is 5.90. The number of amides is 3. The highest BCUT2D eigenvalue weighted by Gasteiger charge is 2.38. The number of rotatable bonds is 10. The smallest absolute Gasteiger partial charge is 0.407 e. The van der Waals surface area contributed by atoms with E-state index in [1.807, 2.05) is 11.1 Å². The number of hydrogen-bond acceptors (Lipinski definition) is 8. The molecular weight excluding hydrogens is 672 g/mol. The molecule has 0 unspecified atom stereocenters. The molecule has 0 radical (unpaired) electrons. The Morgan fingerprint density at radius 3 is 1.74 bits per heavy atom. The van der Waals surface area contributed by atoms with E-state index in [2.05, 4.69) is 93.0 Å². The van der Waals surface area contributed by atoms with Crippen LogP contribution < -0.4 is 10.6 Å². The molecule has 4 aromatic rings. The molecule has 0 aliphatic carbocycles. The van der Waals surface area contributed by atoms with Gasteiger partial charge in [0.15, 0.2) is 5.96 Å². The lowest BCUT2D eigenvalue weighted by molar-refractivity contribution is -0.136. The number of carbonyl (C=O) groups is 3. The molecule has 7 rings (SSSR count). The molecule has 0 bridgehead atoms. The number of benzene rings is 2. The van der Waals surface area contributed by atoms with E-state index in [0.29, 0.717) is 31.4 Å². The monoisotopic (exact) mass is 720 g/mol. The average Bonchev–Trinajstić information content (AvgIpc) is 4.02. The zero-order valence-electron chi connectivity index (χ0n) is 30.7. The van der Waals surface area contributed by atoms with Crippen LogP contribution in [0.4, 0.5) is 4.79 Å². The van der Waals surface area contributed by atoms with Crippen molar-refractivity contribution in [3.63, 3.8) is 0 Å². The molecular formula is C39H48N10O4. The minimum absolute atomic E-state index is 0.0740. The van der Waals surface area contributed by atoms with E-state index in [4.69, 9.17) is 4.98 Å². The Kier molecular flexibility index (Phi) is 10.2. The van der Waals surface area contributed by atoms with E-state index in [1.54, 1.807) is 18.0 Å². The van der Waals surface area contributed by atoms with E-state index < -0.39 is 12.1 Å². The third-order valence-electron chi connectivity index (χ3n) is 10.8. The molecule has 3 aliphatic heterocycles. The van der Waals surface area contributed by atoms with Crippen molar-refractivity contribution in [2.75, 3.05) is 33.2 Å². The Morgan fingerprint density at radius 1 is 0.792 bits per heavy atom. The summed E-state index contributed by atoms with van der Waals surface area (Å²) in [6.45, 7) is 8.50. The summed E-state index contributed by atoms with van der Waals surface area (Å²) in [4.78, 5) is 63.8. The van der Waals surface area contributed by atoms with Crippen LogP contribution in [-0.4, -0.2) is 109 Å². The lowest BCUT2D eigenvalue weighted by atomic mass is 10.0. The van der Waals surface area contributed by atoms with Crippen LogP contribution in [0.5, 0.6) is 0 Å². The first-order valence-corrected chi connectivity index (χ1v) is 18.5. The second-order valence-electron chi connectivity index (χ2n) is 14.5. The van der Waals surface area contributed by atoms with Gasteiger partial charge in [0.25, 0.3) is 0 Å². The zero-order valence-corrected chi connectivity index (χ0v) is 30.7. The lowest BCUT2D eigenvalue weighted by Crippen LogP contribution is -2.53. The fraction of sp³-hybridized carbons (Fsp3) is 0.436. The molecule has 3 amide bonds. The van der Waals surface area contributed by atoms with Gasteiger partial charge in [-0.25, -0.2) is 14.8 Å². The van der Waals surface area contributed by atoms with Gasteiger partial charge in [-0.3, -0.25) is 19.5 Å². The van der Waals surface area contributed by atoms with Crippen LogP contribution in [0, 0.1) is 5.92 Å². The van der Waals surface area contributed by atoms with Crippen LogP contribution in [0.3, 0.4) is 0 Å². The number of imidazole rings is 2. The van der Waals surface area contributed by atoms with Crippen molar-refractivity contribution < 1.29 is 19.5 Å². The summed E-state index contributed by atoms with van der Waals surface area (Å²) in [6.07, 6.45) is 5.89. The van der Waals surface area contributed by atoms with Crippen molar-refractivity contribution in [3.05, 3.63) is 72.6 Å². The Hall–Kier alpha value is -5.66. The van der Waals surface area contributed by atoms with Crippen LogP contribution in [-0.2, 0) is 9.59 Å². The van der Waals surface area contributed by atoms with Gasteiger partial charge in [0.1, 0.15) is 23.7 Å². The van der Waals surface area contributed by atoms with Gasteiger partial charge < -0.3 is 35.5 Å². The van der Waals surface area contributed by atoms with E-state index in [9.17, 15) is 19.5 Å². The number of aromatic nitrogens is 4. The number of nitrogens with zero attached hydrogens (tertiary/aromatic N) is 6. The van der Waals surface area contributed by atoms with Crippen LogP contribution >= 0.6 is 0 Å². The molecule has 3 aliphatic rings. The first-order valence-electron chi connectivity index (χ1n) is 18.5. The maximum absolute atomic E-state index is 13.8. The Labute approximate surface area is 309 Å². The number of likely N-dealkylation sites (N-methyl/N-ethyl adjacent to an activating group) is 1. The highest BCUT2D eigenvalue weighted by Crippen LogP contribution is 2.35. The summed E-state index contributed by atoms with van der Waals surface area (Å²) in [5, 5.41) is 15.9. The molecule has 14 heteroatoms. The molecule has 2 fully saturated rings. The van der Waals surface area contributed by atoms with E-state index in [-0.39, 0.29) is 35.9 Å². The molecule has 2 saturated heterocycles. The summed E-state index contributed by atoms with van der Waals surface area (Å²) >= 11 is 0. The molecule has 2 aromatic heterocycles. The molecule has 4 atom stereocenters. The van der Waals surface area contributed by atoms with Crippen LogP contribution in [0.25, 0.3) is 33.6 Å². The number of carbonyl (C=O) groups excluding carboxylic acids is 2. The fourth-order valence-electron chi connectivity index (χ4n) is 7.52. The Morgan fingerprint density at radius 2 is 1.28 bits per heavy atom. The van der Waals surface area contributed by atoms with E-state index in [0.717, 1.165) is 76.6 Å². The number of aliphatic imine (C=N–C) groups is 1. The number of guanidine groups is 1. The fourth-order valence-corrected chi connectivity index (χ4v) is 7.52. The standard InChI is InChI=1S/C39H48N10O4/c1-23(2)33(46-38-40-17-18-41-38)37(51)49-20-6-8-32(49)35-43-22-30(45-35)28-15-11-26(12-16-28)25-9-13-27(14-10-25)29-21-42-34(44-29)31-7-5-19-48(31)36(50)24(3)47(4)39(52)53/h9-16,21-24,31-33H,5-8,17-20H2,1-4H3,(H,42,44)(H,43,45)(H,52,53)(H2,40,41,46)/t24-,31-,32-,33-/m0/s1. The third kappa shape index (κ3) is 7.35. The molecule has 0 saturated carbocycles. The van der Waals surface area contributed by atoms with Crippen molar-refractivity contribution in [2.24, 2.45) is 10.9 Å². The second kappa shape index (κ2) is 15.1. The second-order valence-corrected chi connectivity index (χ2v) is 14.5. The first kappa shape index (κ1) is 35.7. The van der Waals surface area contributed by atoms with Gasteiger partial charge in [-0.2, -0.15) is 0 Å². The van der Waals surface area contributed by atoms with Gasteiger partial charge >= 0.3 is 6.09 Å². The minimum Gasteiger partial charge on any atom is -0.465 e.